The van der Waals surface area contributed by atoms with E-state index in [1.807, 2.05) is 0 Å². The average molecular weight is 439 g/mol. The molecular weight excluding hydrogens is 412 g/mol. The van der Waals surface area contributed by atoms with Crippen LogP contribution in [0.1, 0.15) is 45.7 Å². The second-order valence-corrected chi connectivity index (χ2v) is 9.49. The van der Waals surface area contributed by atoms with E-state index in [2.05, 4.69) is 125 Å². The highest BCUT2D eigenvalue weighted by atomic mass is 14.8. The standard InChI is InChI=1S/C32H26N2/c1-3-11-21(12-4-1)25-19-26-23-15-8-10-18-29(23)34-32(26)30(22-13-5-2-6-14-22)31(25)27-20-33-28-17-9-7-16-24(27)28/h1-18,20,25,30-31,33-34H,19H2/t25-,30+,31?/m0/s1. The molecule has 0 bridgehead atoms. The second kappa shape index (κ2) is 7.78. The molecule has 0 saturated carbocycles. The highest BCUT2D eigenvalue weighted by Gasteiger charge is 2.42. The highest BCUT2D eigenvalue weighted by Crippen LogP contribution is 2.54. The van der Waals surface area contributed by atoms with Gasteiger partial charge in [0.25, 0.3) is 0 Å². The number of fused-ring (bicyclic) bond motifs is 4. The van der Waals surface area contributed by atoms with Crippen LogP contribution in [-0.2, 0) is 6.42 Å². The zero-order valence-electron chi connectivity index (χ0n) is 18.9. The van der Waals surface area contributed by atoms with Crippen molar-refractivity contribution in [3.8, 4) is 0 Å². The predicted octanol–water partition coefficient (Wildman–Crippen LogP) is 7.90. The monoisotopic (exact) mass is 438 g/mol. The molecule has 2 aromatic heterocycles. The molecule has 7 rings (SSSR count). The number of rotatable bonds is 3. The molecule has 0 amide bonds. The van der Waals surface area contributed by atoms with Crippen LogP contribution < -0.4 is 0 Å². The fraction of sp³-hybridized carbons (Fsp3) is 0.125. The van der Waals surface area contributed by atoms with E-state index in [0.717, 1.165) is 6.42 Å². The summed E-state index contributed by atoms with van der Waals surface area (Å²) in [5, 5.41) is 2.69. The Hall–Kier alpha value is -4.04. The summed E-state index contributed by atoms with van der Waals surface area (Å²) in [6.45, 7) is 0. The lowest BCUT2D eigenvalue weighted by atomic mass is 9.64. The van der Waals surface area contributed by atoms with E-state index in [9.17, 15) is 0 Å². The van der Waals surface area contributed by atoms with Gasteiger partial charge in [-0.2, -0.15) is 0 Å². The van der Waals surface area contributed by atoms with Gasteiger partial charge in [0.05, 0.1) is 0 Å². The van der Waals surface area contributed by atoms with Gasteiger partial charge in [0.2, 0.25) is 0 Å². The molecule has 0 radical (unpaired) electrons. The van der Waals surface area contributed by atoms with Crippen molar-refractivity contribution < 1.29 is 0 Å². The van der Waals surface area contributed by atoms with E-state index in [0.29, 0.717) is 11.8 Å². The largest absolute Gasteiger partial charge is 0.361 e. The van der Waals surface area contributed by atoms with Crippen LogP contribution in [0.5, 0.6) is 0 Å². The summed E-state index contributed by atoms with van der Waals surface area (Å²) in [6.07, 6.45) is 3.28. The second-order valence-electron chi connectivity index (χ2n) is 9.49. The molecule has 6 aromatic rings. The topological polar surface area (TPSA) is 31.6 Å². The Kier molecular flexibility index (Phi) is 4.44. The van der Waals surface area contributed by atoms with Gasteiger partial charge in [-0.05, 0) is 46.7 Å². The van der Waals surface area contributed by atoms with Crippen molar-refractivity contribution in [1.82, 2.24) is 9.97 Å². The Morgan fingerprint density at radius 1 is 0.588 bits per heavy atom. The maximum absolute atomic E-state index is 3.87. The third-order valence-electron chi connectivity index (χ3n) is 7.74. The minimum atomic E-state index is 0.238. The average Bonchev–Trinajstić information content (AvgIpc) is 3.50. The van der Waals surface area contributed by atoms with Gasteiger partial charge in [0.15, 0.2) is 0 Å². The van der Waals surface area contributed by atoms with Crippen LogP contribution in [0.2, 0.25) is 0 Å². The fourth-order valence-electron chi connectivity index (χ4n) is 6.29. The van der Waals surface area contributed by atoms with E-state index in [1.54, 1.807) is 0 Å². The molecule has 3 atom stereocenters. The van der Waals surface area contributed by atoms with Crippen molar-refractivity contribution in [3.63, 3.8) is 0 Å². The summed E-state index contributed by atoms with van der Waals surface area (Å²) in [7, 11) is 0. The summed E-state index contributed by atoms with van der Waals surface area (Å²) in [5.41, 5.74) is 9.46. The summed E-state index contributed by atoms with van der Waals surface area (Å²) < 4.78 is 0. The first kappa shape index (κ1) is 19.4. The van der Waals surface area contributed by atoms with Crippen molar-refractivity contribution in [2.75, 3.05) is 0 Å². The Bertz CT molecular complexity index is 1590. The molecule has 2 heterocycles. The Morgan fingerprint density at radius 3 is 1.97 bits per heavy atom. The molecular formula is C32H26N2. The van der Waals surface area contributed by atoms with Gasteiger partial charge in [0, 0.05) is 45.5 Å². The number of benzene rings is 4. The number of hydrogen-bond donors (Lipinski definition) is 2. The van der Waals surface area contributed by atoms with E-state index in [-0.39, 0.29) is 5.92 Å². The molecule has 164 valence electrons. The molecule has 4 aromatic carbocycles. The van der Waals surface area contributed by atoms with Gasteiger partial charge in [0.1, 0.15) is 0 Å². The summed E-state index contributed by atoms with van der Waals surface area (Å²) in [5.74, 6) is 0.917. The normalized spacial score (nSPS) is 19.9. The molecule has 0 spiro atoms. The van der Waals surface area contributed by atoms with E-state index in [4.69, 9.17) is 0 Å². The zero-order chi connectivity index (χ0) is 22.5. The number of hydrogen-bond acceptors (Lipinski definition) is 0. The van der Waals surface area contributed by atoms with Gasteiger partial charge in [-0.15, -0.1) is 0 Å². The molecule has 0 aliphatic heterocycles. The van der Waals surface area contributed by atoms with E-state index in [1.165, 1.54) is 49.8 Å². The van der Waals surface area contributed by atoms with Gasteiger partial charge in [-0.25, -0.2) is 0 Å². The van der Waals surface area contributed by atoms with E-state index >= 15 is 0 Å². The van der Waals surface area contributed by atoms with Crippen LogP contribution in [0, 0.1) is 0 Å². The molecule has 1 unspecified atom stereocenters. The Balaban J connectivity index is 1.55. The maximum atomic E-state index is 3.87. The molecule has 0 saturated heterocycles. The third kappa shape index (κ3) is 2.95. The minimum Gasteiger partial charge on any atom is -0.361 e. The first-order valence-electron chi connectivity index (χ1n) is 12.1. The molecule has 1 aliphatic rings. The number of aromatic nitrogens is 2. The van der Waals surface area contributed by atoms with Crippen LogP contribution in [0.3, 0.4) is 0 Å². The van der Waals surface area contributed by atoms with Gasteiger partial charge in [-0.1, -0.05) is 97.1 Å². The summed E-state index contributed by atoms with van der Waals surface area (Å²) >= 11 is 0. The smallest absolute Gasteiger partial charge is 0.0459 e. The predicted molar refractivity (Wildman–Crippen MR) is 141 cm³/mol. The molecule has 34 heavy (non-hydrogen) atoms. The van der Waals surface area contributed by atoms with Crippen LogP contribution in [0.25, 0.3) is 21.8 Å². The number of H-pyrrole nitrogens is 2. The summed E-state index contributed by atoms with van der Waals surface area (Å²) in [6, 6.07) is 39.7. The van der Waals surface area contributed by atoms with Crippen LogP contribution >= 0.6 is 0 Å². The molecule has 1 aliphatic carbocycles. The summed E-state index contributed by atoms with van der Waals surface area (Å²) in [4.78, 5) is 7.44. The quantitative estimate of drug-likeness (QED) is 0.281. The Labute approximate surface area is 199 Å². The van der Waals surface area contributed by atoms with Crippen LogP contribution in [0.4, 0.5) is 0 Å². The zero-order valence-corrected chi connectivity index (χ0v) is 18.9. The van der Waals surface area contributed by atoms with Crippen molar-refractivity contribution in [2.24, 2.45) is 0 Å². The van der Waals surface area contributed by atoms with Crippen molar-refractivity contribution in [2.45, 2.75) is 24.2 Å². The Morgan fingerprint density at radius 2 is 1.21 bits per heavy atom. The van der Waals surface area contributed by atoms with E-state index < -0.39 is 0 Å². The van der Waals surface area contributed by atoms with Crippen molar-refractivity contribution >= 4 is 21.8 Å². The van der Waals surface area contributed by atoms with Gasteiger partial charge >= 0.3 is 0 Å². The number of aromatic amines is 2. The molecule has 2 heteroatoms. The fourth-order valence-corrected chi connectivity index (χ4v) is 6.29. The van der Waals surface area contributed by atoms with Gasteiger partial charge in [-0.3, -0.25) is 0 Å². The minimum absolute atomic E-state index is 0.238. The number of nitrogens with one attached hydrogen (secondary N) is 2. The lowest BCUT2D eigenvalue weighted by Gasteiger charge is -2.39. The molecule has 0 fully saturated rings. The number of para-hydroxylation sites is 2. The first-order valence-corrected chi connectivity index (χ1v) is 12.1. The molecule has 2 N–H and O–H groups in total. The van der Waals surface area contributed by atoms with Crippen LogP contribution in [0.15, 0.2) is 115 Å². The lowest BCUT2D eigenvalue weighted by Crippen LogP contribution is -2.27. The third-order valence-corrected chi connectivity index (χ3v) is 7.74. The maximum Gasteiger partial charge on any atom is 0.0459 e. The SMILES string of the molecule is c1ccc([C@H]2c3[nH]c4ccccc4c3C[C@@H](c3ccccc3)C2c2c[nH]c3ccccc23)cc1. The van der Waals surface area contributed by atoms with Gasteiger partial charge < -0.3 is 9.97 Å². The van der Waals surface area contributed by atoms with Crippen LogP contribution in [-0.4, -0.2) is 9.97 Å². The van der Waals surface area contributed by atoms with Crippen molar-refractivity contribution in [1.29, 1.82) is 0 Å². The highest BCUT2D eigenvalue weighted by molar-refractivity contribution is 5.87. The lowest BCUT2D eigenvalue weighted by molar-refractivity contribution is 0.455. The molecule has 2 nitrogen and oxygen atoms in total. The van der Waals surface area contributed by atoms with Crippen molar-refractivity contribution in [3.05, 3.63) is 143 Å². The first-order chi connectivity index (χ1) is 16.9.